The summed E-state index contributed by atoms with van der Waals surface area (Å²) < 4.78 is 48.3. The zero-order valence-corrected chi connectivity index (χ0v) is 11.8. The Kier molecular flexibility index (Phi) is 4.73. The van der Waals surface area contributed by atoms with E-state index in [1.165, 1.54) is 12.1 Å². The minimum atomic E-state index is -3.94. The van der Waals surface area contributed by atoms with Gasteiger partial charge in [-0.3, -0.25) is 0 Å². The molecule has 102 valence electrons. The number of halogens is 1. The van der Waals surface area contributed by atoms with Crippen LogP contribution in [0.25, 0.3) is 0 Å². The summed E-state index contributed by atoms with van der Waals surface area (Å²) in [6, 6.07) is 3.41. The fourth-order valence-electron chi connectivity index (χ4n) is 1.18. The minimum absolute atomic E-state index is 0.0900. The minimum Gasteiger partial charge on any atom is -0.395 e. The Morgan fingerprint density at radius 1 is 1.28 bits per heavy atom. The quantitative estimate of drug-likeness (QED) is 0.798. The first-order valence-electron chi connectivity index (χ1n) is 4.78. The van der Waals surface area contributed by atoms with Crippen LogP contribution in [0.5, 0.6) is 0 Å². The number of hydrogen-bond donors (Lipinski definition) is 2. The van der Waals surface area contributed by atoms with Gasteiger partial charge in [0.15, 0.2) is 9.84 Å². The topological polar surface area (TPSA) is 101 Å². The monoisotopic (exact) mass is 313 g/mol. The molecule has 0 heterocycles. The van der Waals surface area contributed by atoms with Crippen molar-refractivity contribution >= 4 is 31.5 Å². The first kappa shape index (κ1) is 15.4. The number of rotatable bonds is 5. The lowest BCUT2D eigenvalue weighted by Crippen LogP contribution is -2.27. The van der Waals surface area contributed by atoms with Crippen molar-refractivity contribution in [1.82, 2.24) is 4.72 Å². The molecule has 0 radical (unpaired) electrons. The molecule has 0 spiro atoms. The van der Waals surface area contributed by atoms with Gasteiger partial charge in [0.2, 0.25) is 10.0 Å². The van der Waals surface area contributed by atoms with Crippen LogP contribution in [0.3, 0.4) is 0 Å². The van der Waals surface area contributed by atoms with E-state index in [9.17, 15) is 16.8 Å². The lowest BCUT2D eigenvalue weighted by molar-refractivity contribution is 0.301. The van der Waals surface area contributed by atoms with E-state index < -0.39 is 19.9 Å². The molecule has 9 heteroatoms. The van der Waals surface area contributed by atoms with Gasteiger partial charge in [0.1, 0.15) is 4.90 Å². The molecular weight excluding hydrogens is 302 g/mol. The number of aliphatic hydroxyl groups is 1. The Balaban J connectivity index is 3.33. The smallest absolute Gasteiger partial charge is 0.242 e. The molecule has 2 N–H and O–H groups in total. The molecule has 0 unspecified atom stereocenters. The van der Waals surface area contributed by atoms with Crippen molar-refractivity contribution in [2.75, 3.05) is 19.4 Å². The highest BCUT2D eigenvalue weighted by Crippen LogP contribution is 2.24. The molecule has 0 amide bonds. The SMILES string of the molecule is CS(=O)(=O)c1ccc(Cl)c(S(=O)(=O)NCCO)c1. The Bertz CT molecular complexity index is 639. The number of hydrogen-bond acceptors (Lipinski definition) is 5. The standard InChI is InChI=1S/C9H12ClNO5S2/c1-17(13,14)7-2-3-8(10)9(6-7)18(15,16)11-4-5-12/h2-3,6,11-12H,4-5H2,1H3. The van der Waals surface area contributed by atoms with Crippen molar-refractivity contribution in [2.24, 2.45) is 0 Å². The lowest BCUT2D eigenvalue weighted by atomic mass is 10.4. The first-order chi connectivity index (χ1) is 8.18. The first-order valence-corrected chi connectivity index (χ1v) is 8.54. The third kappa shape index (κ3) is 3.66. The van der Waals surface area contributed by atoms with E-state index in [1.54, 1.807) is 0 Å². The maximum absolute atomic E-state index is 11.8. The fraction of sp³-hybridized carbons (Fsp3) is 0.333. The largest absolute Gasteiger partial charge is 0.395 e. The molecule has 0 atom stereocenters. The third-order valence-corrected chi connectivity index (χ3v) is 5.08. The van der Waals surface area contributed by atoms with Crippen LogP contribution < -0.4 is 4.72 Å². The molecule has 1 aromatic rings. The van der Waals surface area contributed by atoms with Crippen LogP contribution in [-0.4, -0.2) is 41.3 Å². The molecule has 0 saturated heterocycles. The summed E-state index contributed by atoms with van der Waals surface area (Å²) in [4.78, 5) is -0.475. The Hall–Kier alpha value is -0.670. The summed E-state index contributed by atoms with van der Waals surface area (Å²) in [5.74, 6) is 0. The summed E-state index contributed by atoms with van der Waals surface area (Å²) >= 11 is 5.73. The van der Waals surface area contributed by atoms with Crippen LogP contribution in [0.4, 0.5) is 0 Å². The van der Waals surface area contributed by atoms with Gasteiger partial charge in [-0.15, -0.1) is 0 Å². The van der Waals surface area contributed by atoms with Gasteiger partial charge in [-0.2, -0.15) is 0 Å². The van der Waals surface area contributed by atoms with E-state index in [0.29, 0.717) is 0 Å². The number of benzene rings is 1. The molecule has 0 fully saturated rings. The summed E-state index contributed by atoms with van der Waals surface area (Å²) in [5.41, 5.74) is 0. The predicted molar refractivity (Wildman–Crippen MR) is 66.8 cm³/mol. The second-order valence-corrected chi connectivity index (χ2v) is 7.64. The van der Waals surface area contributed by atoms with E-state index in [1.807, 2.05) is 0 Å². The van der Waals surface area contributed by atoms with Gasteiger partial charge >= 0.3 is 0 Å². The molecule has 0 aliphatic heterocycles. The van der Waals surface area contributed by atoms with Gasteiger partial charge in [-0.05, 0) is 18.2 Å². The molecule has 0 bridgehead atoms. The maximum atomic E-state index is 11.8. The van der Waals surface area contributed by atoms with E-state index >= 15 is 0 Å². The van der Waals surface area contributed by atoms with Crippen molar-refractivity contribution in [3.8, 4) is 0 Å². The average molecular weight is 314 g/mol. The molecule has 6 nitrogen and oxygen atoms in total. The highest BCUT2D eigenvalue weighted by molar-refractivity contribution is 7.91. The van der Waals surface area contributed by atoms with Crippen molar-refractivity contribution in [2.45, 2.75) is 9.79 Å². The number of aliphatic hydroxyl groups excluding tert-OH is 1. The van der Waals surface area contributed by atoms with Crippen molar-refractivity contribution in [3.63, 3.8) is 0 Å². The van der Waals surface area contributed by atoms with Crippen LogP contribution in [-0.2, 0) is 19.9 Å². The van der Waals surface area contributed by atoms with Gasteiger partial charge < -0.3 is 5.11 Å². The molecule has 0 aliphatic carbocycles. The van der Waals surface area contributed by atoms with Crippen LogP contribution in [0.15, 0.2) is 28.0 Å². The predicted octanol–water partition coefficient (Wildman–Crippen LogP) is 0.0141. The summed E-state index contributed by atoms with van der Waals surface area (Å²) in [6.45, 7) is -0.551. The molecule has 18 heavy (non-hydrogen) atoms. The normalized spacial score (nSPS) is 12.6. The van der Waals surface area contributed by atoms with Crippen molar-refractivity contribution < 1.29 is 21.9 Å². The molecule has 1 rings (SSSR count). The Labute approximate surface area is 111 Å². The fourth-order valence-corrected chi connectivity index (χ4v) is 3.44. The average Bonchev–Trinajstić information content (AvgIpc) is 2.25. The molecular formula is C9H12ClNO5S2. The van der Waals surface area contributed by atoms with Crippen LogP contribution >= 0.6 is 11.6 Å². The Morgan fingerprint density at radius 2 is 1.89 bits per heavy atom. The highest BCUT2D eigenvalue weighted by Gasteiger charge is 2.20. The number of sulfone groups is 1. The molecule has 0 saturated carbocycles. The van der Waals surface area contributed by atoms with Crippen molar-refractivity contribution in [3.05, 3.63) is 23.2 Å². The summed E-state index contributed by atoms with van der Waals surface area (Å²) in [7, 11) is -7.47. The van der Waals surface area contributed by atoms with Crippen LogP contribution in [0, 0.1) is 0 Å². The van der Waals surface area contributed by atoms with Gasteiger partial charge in [-0.25, -0.2) is 21.6 Å². The Morgan fingerprint density at radius 3 is 2.39 bits per heavy atom. The van der Waals surface area contributed by atoms with Crippen molar-refractivity contribution in [1.29, 1.82) is 0 Å². The lowest BCUT2D eigenvalue weighted by Gasteiger charge is -2.08. The van der Waals surface area contributed by atoms with Gasteiger partial charge in [-0.1, -0.05) is 11.6 Å². The van der Waals surface area contributed by atoms with Crippen LogP contribution in [0.2, 0.25) is 5.02 Å². The highest BCUT2D eigenvalue weighted by atomic mass is 35.5. The third-order valence-electron chi connectivity index (χ3n) is 2.02. The molecule has 1 aromatic carbocycles. The molecule has 0 aliphatic rings. The van der Waals surface area contributed by atoms with Crippen LogP contribution in [0.1, 0.15) is 0 Å². The van der Waals surface area contributed by atoms with E-state index in [2.05, 4.69) is 4.72 Å². The van der Waals surface area contributed by atoms with Gasteiger partial charge in [0.25, 0.3) is 0 Å². The van der Waals surface area contributed by atoms with E-state index in [0.717, 1.165) is 12.3 Å². The van der Waals surface area contributed by atoms with Gasteiger partial charge in [0.05, 0.1) is 16.5 Å². The van der Waals surface area contributed by atoms with E-state index in [4.69, 9.17) is 16.7 Å². The van der Waals surface area contributed by atoms with Gasteiger partial charge in [0, 0.05) is 12.8 Å². The zero-order valence-electron chi connectivity index (χ0n) is 9.42. The number of nitrogens with one attached hydrogen (secondary N) is 1. The molecule has 0 aromatic heterocycles. The second kappa shape index (κ2) is 5.54. The summed E-state index contributed by atoms with van der Waals surface area (Å²) in [5, 5.41) is 8.48. The second-order valence-electron chi connectivity index (χ2n) is 3.49. The zero-order chi connectivity index (χ0) is 14.0. The summed E-state index contributed by atoms with van der Waals surface area (Å²) in [6.07, 6.45) is 0.966. The maximum Gasteiger partial charge on any atom is 0.242 e. The van der Waals surface area contributed by atoms with E-state index in [-0.39, 0.29) is 28.0 Å². The number of sulfonamides is 1.